The van der Waals surface area contributed by atoms with Crippen LogP contribution in [-0.4, -0.2) is 75.5 Å². The van der Waals surface area contributed by atoms with Crippen LogP contribution in [0.15, 0.2) is 0 Å². The molecule has 1 N–H and O–H groups in total. The molecule has 0 bridgehead atoms. The van der Waals surface area contributed by atoms with Crippen molar-refractivity contribution in [2.24, 2.45) is 0 Å². The number of sulfonamides is 1. The molecular formula is C11H22F3N3O2S. The maximum Gasteiger partial charge on any atom is 0.401 e. The molecule has 0 spiro atoms. The lowest BCUT2D eigenvalue weighted by Crippen LogP contribution is -2.59. The van der Waals surface area contributed by atoms with Gasteiger partial charge in [0.1, 0.15) is 0 Å². The molecule has 1 aliphatic rings. The van der Waals surface area contributed by atoms with Crippen LogP contribution in [0.5, 0.6) is 0 Å². The third-order valence-electron chi connectivity index (χ3n) is 3.26. The minimum absolute atomic E-state index is 0.130. The molecule has 0 saturated carbocycles. The summed E-state index contributed by atoms with van der Waals surface area (Å²) < 4.78 is 62.0. The monoisotopic (exact) mass is 317 g/mol. The average Bonchev–Trinajstić information content (AvgIpc) is 2.22. The van der Waals surface area contributed by atoms with Crippen molar-refractivity contribution in [3.05, 3.63) is 0 Å². The van der Waals surface area contributed by atoms with E-state index >= 15 is 0 Å². The van der Waals surface area contributed by atoms with Gasteiger partial charge in [-0.2, -0.15) is 13.2 Å². The summed E-state index contributed by atoms with van der Waals surface area (Å²) in [5.74, 6) is 0. The lowest BCUT2D eigenvalue weighted by Gasteiger charge is -2.43. The SMILES string of the molecule is CC(C)N1CCN(CC(F)(F)F)CC1CNS(C)(=O)=O. The largest absolute Gasteiger partial charge is 0.401 e. The molecule has 0 aromatic carbocycles. The lowest BCUT2D eigenvalue weighted by molar-refractivity contribution is -0.152. The Morgan fingerprint density at radius 2 is 1.90 bits per heavy atom. The molecule has 120 valence electrons. The van der Waals surface area contributed by atoms with Gasteiger partial charge >= 0.3 is 6.18 Å². The molecule has 0 aromatic rings. The number of rotatable bonds is 5. The highest BCUT2D eigenvalue weighted by Gasteiger charge is 2.35. The van der Waals surface area contributed by atoms with Gasteiger partial charge in [-0.25, -0.2) is 13.1 Å². The zero-order valence-electron chi connectivity index (χ0n) is 11.9. The molecule has 0 amide bonds. The zero-order valence-corrected chi connectivity index (χ0v) is 12.8. The van der Waals surface area contributed by atoms with Crippen LogP contribution in [0.1, 0.15) is 13.8 Å². The maximum absolute atomic E-state index is 12.4. The smallest absolute Gasteiger partial charge is 0.294 e. The predicted molar refractivity (Wildman–Crippen MR) is 71.0 cm³/mol. The highest BCUT2D eigenvalue weighted by atomic mass is 32.2. The standard InChI is InChI=1S/C11H22F3N3O2S/c1-9(2)17-5-4-16(8-11(12,13)14)7-10(17)6-15-20(3,18)19/h9-10,15H,4-8H2,1-3H3. The second-order valence-corrected chi connectivity index (χ2v) is 7.29. The summed E-state index contributed by atoms with van der Waals surface area (Å²) in [5, 5.41) is 0. The lowest BCUT2D eigenvalue weighted by atomic mass is 10.1. The highest BCUT2D eigenvalue weighted by molar-refractivity contribution is 7.88. The van der Waals surface area contributed by atoms with Gasteiger partial charge in [0.05, 0.1) is 12.8 Å². The van der Waals surface area contributed by atoms with Crippen molar-refractivity contribution in [3.8, 4) is 0 Å². The Morgan fingerprint density at radius 3 is 2.35 bits per heavy atom. The van der Waals surface area contributed by atoms with Crippen LogP contribution in [0.25, 0.3) is 0 Å². The molecule has 5 nitrogen and oxygen atoms in total. The van der Waals surface area contributed by atoms with E-state index < -0.39 is 22.7 Å². The first kappa shape index (κ1) is 17.7. The summed E-state index contributed by atoms with van der Waals surface area (Å²) in [5.41, 5.74) is 0. The maximum atomic E-state index is 12.4. The molecule has 1 rings (SSSR count). The molecule has 0 aromatic heterocycles. The minimum Gasteiger partial charge on any atom is -0.294 e. The van der Waals surface area contributed by atoms with Crippen molar-refractivity contribution >= 4 is 10.0 Å². The number of nitrogens with zero attached hydrogens (tertiary/aromatic N) is 2. The van der Waals surface area contributed by atoms with Gasteiger partial charge in [-0.1, -0.05) is 0 Å². The fraction of sp³-hybridized carbons (Fsp3) is 1.00. The second kappa shape index (κ2) is 6.59. The summed E-state index contributed by atoms with van der Waals surface area (Å²) in [6.07, 6.45) is -3.18. The highest BCUT2D eigenvalue weighted by Crippen LogP contribution is 2.20. The van der Waals surface area contributed by atoms with Gasteiger partial charge in [0.25, 0.3) is 0 Å². The summed E-state index contributed by atoms with van der Waals surface area (Å²) in [4.78, 5) is 3.36. The molecule has 1 saturated heterocycles. The van der Waals surface area contributed by atoms with Gasteiger partial charge in [0.2, 0.25) is 10.0 Å². The van der Waals surface area contributed by atoms with E-state index in [-0.39, 0.29) is 25.2 Å². The van der Waals surface area contributed by atoms with Gasteiger partial charge < -0.3 is 0 Å². The summed E-state index contributed by atoms with van der Waals surface area (Å²) in [6, 6.07) is -0.0878. The van der Waals surface area contributed by atoms with Crippen molar-refractivity contribution in [2.75, 3.05) is 39.0 Å². The summed E-state index contributed by atoms with van der Waals surface area (Å²) in [7, 11) is -3.34. The molecule has 20 heavy (non-hydrogen) atoms. The molecule has 0 radical (unpaired) electrons. The normalized spacial score (nSPS) is 23.4. The van der Waals surface area contributed by atoms with Gasteiger partial charge in [0, 0.05) is 38.3 Å². The Hall–Kier alpha value is -0.380. The van der Waals surface area contributed by atoms with Crippen molar-refractivity contribution < 1.29 is 21.6 Å². The van der Waals surface area contributed by atoms with Gasteiger partial charge in [-0.3, -0.25) is 9.80 Å². The van der Waals surface area contributed by atoms with E-state index in [1.165, 1.54) is 4.90 Å². The zero-order chi connectivity index (χ0) is 15.6. The molecular weight excluding hydrogens is 295 g/mol. The van der Waals surface area contributed by atoms with Crippen LogP contribution in [-0.2, 0) is 10.0 Å². The van der Waals surface area contributed by atoms with E-state index in [1.807, 2.05) is 18.7 Å². The molecule has 1 heterocycles. The van der Waals surface area contributed by atoms with Crippen LogP contribution >= 0.6 is 0 Å². The number of halogens is 3. The first-order valence-corrected chi connectivity index (χ1v) is 8.36. The van der Waals surface area contributed by atoms with Crippen LogP contribution in [0, 0.1) is 0 Å². The Balaban J connectivity index is 2.67. The van der Waals surface area contributed by atoms with E-state index in [0.29, 0.717) is 13.1 Å². The van der Waals surface area contributed by atoms with Crippen molar-refractivity contribution in [2.45, 2.75) is 32.1 Å². The van der Waals surface area contributed by atoms with Gasteiger partial charge in [-0.15, -0.1) is 0 Å². The van der Waals surface area contributed by atoms with E-state index in [2.05, 4.69) is 4.72 Å². The minimum atomic E-state index is -4.23. The molecule has 9 heteroatoms. The van der Waals surface area contributed by atoms with E-state index in [4.69, 9.17) is 0 Å². The summed E-state index contributed by atoms with van der Waals surface area (Å²) >= 11 is 0. The van der Waals surface area contributed by atoms with Crippen molar-refractivity contribution in [1.29, 1.82) is 0 Å². The predicted octanol–water partition coefficient (Wildman–Crippen LogP) is 0.493. The second-order valence-electron chi connectivity index (χ2n) is 5.46. The van der Waals surface area contributed by atoms with Crippen LogP contribution in [0.2, 0.25) is 0 Å². The van der Waals surface area contributed by atoms with Crippen LogP contribution in [0.3, 0.4) is 0 Å². The first-order chi connectivity index (χ1) is 8.98. The van der Waals surface area contributed by atoms with Crippen molar-refractivity contribution in [1.82, 2.24) is 14.5 Å². The van der Waals surface area contributed by atoms with Crippen LogP contribution in [0.4, 0.5) is 13.2 Å². The topological polar surface area (TPSA) is 52.6 Å². The molecule has 1 unspecified atom stereocenters. The molecule has 1 aliphatic heterocycles. The molecule has 1 atom stereocenters. The number of piperazine rings is 1. The first-order valence-electron chi connectivity index (χ1n) is 6.47. The number of nitrogens with one attached hydrogen (secondary N) is 1. The van der Waals surface area contributed by atoms with Gasteiger partial charge in [0.15, 0.2) is 0 Å². The Kier molecular flexibility index (Phi) is 5.82. The average molecular weight is 317 g/mol. The van der Waals surface area contributed by atoms with E-state index in [9.17, 15) is 21.6 Å². The quantitative estimate of drug-likeness (QED) is 0.802. The Bertz CT molecular complexity index is 412. The van der Waals surface area contributed by atoms with Crippen molar-refractivity contribution in [3.63, 3.8) is 0 Å². The fourth-order valence-electron chi connectivity index (χ4n) is 2.44. The third kappa shape index (κ3) is 6.38. The van der Waals surface area contributed by atoms with E-state index in [1.54, 1.807) is 0 Å². The Morgan fingerprint density at radius 1 is 1.30 bits per heavy atom. The fourth-order valence-corrected chi connectivity index (χ4v) is 2.94. The third-order valence-corrected chi connectivity index (χ3v) is 3.95. The van der Waals surface area contributed by atoms with Crippen LogP contribution < -0.4 is 4.72 Å². The number of hydrogen-bond donors (Lipinski definition) is 1. The molecule has 1 fully saturated rings. The number of hydrogen-bond acceptors (Lipinski definition) is 4. The van der Waals surface area contributed by atoms with E-state index in [0.717, 1.165) is 6.26 Å². The van der Waals surface area contributed by atoms with Gasteiger partial charge in [-0.05, 0) is 13.8 Å². The Labute approximate surface area is 118 Å². The summed E-state index contributed by atoms with van der Waals surface area (Å²) in [6.45, 7) is 4.14. The number of alkyl halides is 3. The molecule has 0 aliphatic carbocycles.